The van der Waals surface area contributed by atoms with Gasteiger partial charge in [-0.15, -0.1) is 0 Å². The Hall–Kier alpha value is -0.900. The number of hydrogen-bond acceptors (Lipinski definition) is 3. The van der Waals surface area contributed by atoms with E-state index in [9.17, 15) is 9.59 Å². The molecule has 0 aromatic rings. The lowest BCUT2D eigenvalue weighted by atomic mass is 10.0. The van der Waals surface area contributed by atoms with Gasteiger partial charge in [-0.05, 0) is 19.3 Å². The third-order valence-electron chi connectivity index (χ3n) is 4.85. The van der Waals surface area contributed by atoms with E-state index < -0.39 is 12.0 Å². The number of carbonyl (C=O) groups excluding carboxylic acids is 1. The number of nitrogens with two attached hydrogens (primary N) is 1. The second kappa shape index (κ2) is 17.9. The lowest BCUT2D eigenvalue weighted by Gasteiger charge is -2.05. The van der Waals surface area contributed by atoms with Crippen LogP contribution in [0.2, 0.25) is 0 Å². The predicted molar refractivity (Wildman–Crippen MR) is 105 cm³/mol. The van der Waals surface area contributed by atoms with Crippen molar-refractivity contribution in [3.05, 3.63) is 0 Å². The van der Waals surface area contributed by atoms with Crippen molar-refractivity contribution < 1.29 is 14.7 Å². The summed E-state index contributed by atoms with van der Waals surface area (Å²) in [6.07, 6.45) is 18.8. The van der Waals surface area contributed by atoms with Gasteiger partial charge in [0.25, 0.3) is 0 Å². The molecule has 0 aromatic heterocycles. The van der Waals surface area contributed by atoms with Crippen LogP contribution in [-0.2, 0) is 9.59 Å². The quantitative estimate of drug-likeness (QED) is 0.295. The molecule has 0 fully saturated rings. The van der Waals surface area contributed by atoms with Crippen LogP contribution in [0.4, 0.5) is 0 Å². The van der Waals surface area contributed by atoms with Gasteiger partial charge in [0.1, 0.15) is 11.8 Å². The van der Waals surface area contributed by atoms with E-state index in [1.54, 1.807) is 0 Å². The number of carboxylic acids is 1. The molecule has 0 aliphatic heterocycles. The third kappa shape index (κ3) is 17.7. The summed E-state index contributed by atoms with van der Waals surface area (Å²) in [5.74, 6) is -0.578. The van der Waals surface area contributed by atoms with Crippen LogP contribution in [0.1, 0.15) is 116 Å². The second-order valence-electron chi connectivity index (χ2n) is 7.37. The van der Waals surface area contributed by atoms with Gasteiger partial charge in [-0.1, -0.05) is 84.0 Å². The molecule has 4 heteroatoms. The number of carboxylic acid groups (broad SMARTS) is 1. The SMILES string of the molecule is CCCCCCCCCCCCCC(=O)CCCCCC(N)C(=O)O. The number of Topliss-reactive ketones (excluding diaryl/α,β-unsaturated/α-hetero) is 1. The number of unbranched alkanes of at least 4 members (excludes halogenated alkanes) is 12. The highest BCUT2D eigenvalue weighted by Crippen LogP contribution is 2.13. The van der Waals surface area contributed by atoms with E-state index in [4.69, 9.17) is 10.8 Å². The van der Waals surface area contributed by atoms with Crippen LogP contribution >= 0.6 is 0 Å². The Bertz CT molecular complexity index is 331. The standard InChI is InChI=1S/C21H41NO3/c1-2-3-4-5-6-7-8-9-10-11-13-16-19(23)17-14-12-15-18-20(22)21(24)25/h20H,2-18,22H2,1H3,(H,24,25). The van der Waals surface area contributed by atoms with E-state index in [0.29, 0.717) is 25.0 Å². The first-order valence-electron chi connectivity index (χ1n) is 10.6. The molecule has 0 amide bonds. The fraction of sp³-hybridized carbons (Fsp3) is 0.905. The summed E-state index contributed by atoms with van der Waals surface area (Å²) < 4.78 is 0. The predicted octanol–water partition coefficient (Wildman–Crippen LogP) is 5.62. The molecule has 4 nitrogen and oxygen atoms in total. The highest BCUT2D eigenvalue weighted by molar-refractivity contribution is 5.78. The first-order chi connectivity index (χ1) is 12.1. The number of ketones is 1. The van der Waals surface area contributed by atoms with Crippen LogP contribution in [0.25, 0.3) is 0 Å². The minimum absolute atomic E-state index is 0.360. The Morgan fingerprint density at radius 1 is 0.720 bits per heavy atom. The summed E-state index contributed by atoms with van der Waals surface area (Å²) in [5, 5.41) is 8.68. The Balaban J connectivity index is 3.24. The van der Waals surface area contributed by atoms with Crippen molar-refractivity contribution in [2.75, 3.05) is 0 Å². The maximum absolute atomic E-state index is 11.8. The van der Waals surface area contributed by atoms with Crippen LogP contribution in [0.3, 0.4) is 0 Å². The summed E-state index contributed by atoms with van der Waals surface area (Å²) in [7, 11) is 0. The maximum atomic E-state index is 11.8. The molecule has 0 rings (SSSR count). The number of hydrogen-bond donors (Lipinski definition) is 2. The molecule has 25 heavy (non-hydrogen) atoms. The number of rotatable bonds is 19. The van der Waals surface area contributed by atoms with Gasteiger partial charge in [0, 0.05) is 12.8 Å². The van der Waals surface area contributed by atoms with Gasteiger partial charge in [0.15, 0.2) is 0 Å². The molecular formula is C21H41NO3. The molecule has 1 atom stereocenters. The van der Waals surface area contributed by atoms with Gasteiger partial charge < -0.3 is 10.8 Å². The van der Waals surface area contributed by atoms with E-state index in [1.165, 1.54) is 64.2 Å². The summed E-state index contributed by atoms with van der Waals surface area (Å²) in [4.78, 5) is 22.4. The summed E-state index contributed by atoms with van der Waals surface area (Å²) in [5.41, 5.74) is 5.44. The van der Waals surface area contributed by atoms with Crippen LogP contribution in [-0.4, -0.2) is 22.9 Å². The van der Waals surface area contributed by atoms with Gasteiger partial charge in [0.05, 0.1) is 0 Å². The van der Waals surface area contributed by atoms with Crippen LogP contribution < -0.4 is 5.73 Å². The molecule has 0 aliphatic rings. The van der Waals surface area contributed by atoms with E-state index in [-0.39, 0.29) is 0 Å². The van der Waals surface area contributed by atoms with Crippen molar-refractivity contribution in [2.24, 2.45) is 5.73 Å². The van der Waals surface area contributed by atoms with Gasteiger partial charge in [-0.2, -0.15) is 0 Å². The van der Waals surface area contributed by atoms with E-state index in [2.05, 4.69) is 6.92 Å². The Morgan fingerprint density at radius 3 is 1.56 bits per heavy atom. The number of carbonyl (C=O) groups is 2. The van der Waals surface area contributed by atoms with Gasteiger partial charge in [-0.25, -0.2) is 0 Å². The lowest BCUT2D eigenvalue weighted by Crippen LogP contribution is -2.29. The highest BCUT2D eigenvalue weighted by Gasteiger charge is 2.10. The summed E-state index contributed by atoms with van der Waals surface area (Å²) >= 11 is 0. The lowest BCUT2D eigenvalue weighted by molar-refractivity contribution is -0.138. The van der Waals surface area contributed by atoms with Gasteiger partial charge in [-0.3, -0.25) is 9.59 Å². The zero-order valence-corrected chi connectivity index (χ0v) is 16.4. The Labute approximate surface area is 154 Å². The van der Waals surface area contributed by atoms with E-state index >= 15 is 0 Å². The van der Waals surface area contributed by atoms with Crippen molar-refractivity contribution >= 4 is 11.8 Å². The fourth-order valence-electron chi connectivity index (χ4n) is 3.10. The largest absolute Gasteiger partial charge is 0.480 e. The maximum Gasteiger partial charge on any atom is 0.320 e. The first kappa shape index (κ1) is 24.1. The van der Waals surface area contributed by atoms with Gasteiger partial charge in [0.2, 0.25) is 0 Å². The molecule has 3 N–H and O–H groups in total. The Morgan fingerprint density at radius 2 is 1.12 bits per heavy atom. The van der Waals surface area contributed by atoms with Crippen molar-refractivity contribution in [3.63, 3.8) is 0 Å². The first-order valence-corrected chi connectivity index (χ1v) is 10.6. The zero-order chi connectivity index (χ0) is 18.8. The molecular weight excluding hydrogens is 314 g/mol. The van der Waals surface area contributed by atoms with Crippen molar-refractivity contribution in [3.8, 4) is 0 Å². The molecule has 0 spiro atoms. The van der Waals surface area contributed by atoms with E-state index in [1.807, 2.05) is 0 Å². The minimum Gasteiger partial charge on any atom is -0.480 e. The Kier molecular flexibility index (Phi) is 17.3. The normalized spacial score (nSPS) is 12.2. The van der Waals surface area contributed by atoms with Crippen LogP contribution in [0.15, 0.2) is 0 Å². The van der Waals surface area contributed by atoms with Crippen LogP contribution in [0.5, 0.6) is 0 Å². The monoisotopic (exact) mass is 355 g/mol. The van der Waals surface area contributed by atoms with Crippen molar-refractivity contribution in [1.82, 2.24) is 0 Å². The minimum atomic E-state index is -0.937. The van der Waals surface area contributed by atoms with E-state index in [0.717, 1.165) is 25.7 Å². The van der Waals surface area contributed by atoms with Crippen molar-refractivity contribution in [2.45, 2.75) is 122 Å². The zero-order valence-electron chi connectivity index (χ0n) is 16.4. The average molecular weight is 356 g/mol. The molecule has 0 heterocycles. The molecule has 0 bridgehead atoms. The van der Waals surface area contributed by atoms with Crippen LogP contribution in [0, 0.1) is 0 Å². The molecule has 0 saturated heterocycles. The molecule has 0 aromatic carbocycles. The van der Waals surface area contributed by atoms with Crippen molar-refractivity contribution in [1.29, 1.82) is 0 Å². The second-order valence-corrected chi connectivity index (χ2v) is 7.37. The van der Waals surface area contributed by atoms with Gasteiger partial charge >= 0.3 is 5.97 Å². The topological polar surface area (TPSA) is 80.4 Å². The molecule has 0 radical (unpaired) electrons. The molecule has 1 unspecified atom stereocenters. The number of aliphatic carboxylic acids is 1. The average Bonchev–Trinajstić information content (AvgIpc) is 2.59. The summed E-state index contributed by atoms with van der Waals surface area (Å²) in [6.45, 7) is 2.25. The highest BCUT2D eigenvalue weighted by atomic mass is 16.4. The summed E-state index contributed by atoms with van der Waals surface area (Å²) in [6, 6.07) is -0.757. The molecule has 0 saturated carbocycles. The smallest absolute Gasteiger partial charge is 0.320 e. The third-order valence-corrected chi connectivity index (χ3v) is 4.85. The molecule has 148 valence electrons. The fourth-order valence-corrected chi connectivity index (χ4v) is 3.10. The molecule has 0 aliphatic carbocycles.